The maximum Gasteiger partial charge on any atom is 0.142 e. The SMILES string of the molecule is Cc1ccc(F)c(C(C)(N)c2cc(F)c(Cl)cc2Cl)c1F. The van der Waals surface area contributed by atoms with Gasteiger partial charge in [0.1, 0.15) is 17.5 Å². The summed E-state index contributed by atoms with van der Waals surface area (Å²) in [6.45, 7) is 2.85. The third-order valence-corrected chi connectivity index (χ3v) is 3.98. The van der Waals surface area contributed by atoms with Crippen molar-refractivity contribution < 1.29 is 13.2 Å². The number of rotatable bonds is 2. The molecule has 0 spiro atoms. The van der Waals surface area contributed by atoms with E-state index in [0.717, 1.165) is 18.2 Å². The van der Waals surface area contributed by atoms with Gasteiger partial charge in [0.15, 0.2) is 0 Å². The molecule has 2 rings (SSSR count). The number of halogens is 5. The Balaban J connectivity index is 2.74. The molecule has 1 atom stereocenters. The van der Waals surface area contributed by atoms with Crippen LogP contribution in [0.4, 0.5) is 13.2 Å². The second kappa shape index (κ2) is 5.52. The van der Waals surface area contributed by atoms with Crippen molar-refractivity contribution in [2.24, 2.45) is 5.73 Å². The van der Waals surface area contributed by atoms with Gasteiger partial charge in [0.2, 0.25) is 0 Å². The standard InChI is InChI=1S/C15H12Cl2F3N/c1-7-3-4-11(18)13(14(7)20)15(2,21)8-5-12(19)10(17)6-9(8)16/h3-6H,21H2,1-2H3. The van der Waals surface area contributed by atoms with Crippen molar-refractivity contribution in [1.82, 2.24) is 0 Å². The topological polar surface area (TPSA) is 26.0 Å². The number of aryl methyl sites for hydroxylation is 1. The van der Waals surface area contributed by atoms with Crippen LogP contribution in [0.5, 0.6) is 0 Å². The monoisotopic (exact) mass is 333 g/mol. The minimum Gasteiger partial charge on any atom is -0.318 e. The van der Waals surface area contributed by atoms with E-state index in [-0.39, 0.29) is 26.7 Å². The van der Waals surface area contributed by atoms with Crippen LogP contribution in [0.25, 0.3) is 0 Å². The zero-order valence-electron chi connectivity index (χ0n) is 11.3. The van der Waals surface area contributed by atoms with Crippen LogP contribution in [0.3, 0.4) is 0 Å². The highest BCUT2D eigenvalue weighted by atomic mass is 35.5. The van der Waals surface area contributed by atoms with Crippen molar-refractivity contribution in [2.75, 3.05) is 0 Å². The van der Waals surface area contributed by atoms with Crippen LogP contribution >= 0.6 is 23.2 Å². The van der Waals surface area contributed by atoms with Gasteiger partial charge in [-0.25, -0.2) is 13.2 Å². The highest BCUT2D eigenvalue weighted by Gasteiger charge is 2.33. The summed E-state index contributed by atoms with van der Waals surface area (Å²) in [5.41, 5.74) is 4.34. The van der Waals surface area contributed by atoms with Gasteiger partial charge < -0.3 is 5.73 Å². The average Bonchev–Trinajstić information content (AvgIpc) is 2.38. The number of benzene rings is 2. The summed E-state index contributed by atoms with van der Waals surface area (Å²) in [6, 6.07) is 4.56. The lowest BCUT2D eigenvalue weighted by Gasteiger charge is -2.28. The minimum atomic E-state index is -1.65. The first-order chi connectivity index (χ1) is 9.66. The number of nitrogens with two attached hydrogens (primary N) is 1. The molecule has 0 aliphatic carbocycles. The lowest BCUT2D eigenvalue weighted by molar-refractivity contribution is 0.476. The van der Waals surface area contributed by atoms with E-state index >= 15 is 0 Å². The maximum absolute atomic E-state index is 14.3. The van der Waals surface area contributed by atoms with E-state index in [1.807, 2.05) is 0 Å². The predicted octanol–water partition coefficient (Wildman–Crippen LogP) is 4.94. The van der Waals surface area contributed by atoms with E-state index in [2.05, 4.69) is 0 Å². The van der Waals surface area contributed by atoms with Crippen LogP contribution < -0.4 is 5.73 Å². The van der Waals surface area contributed by atoms with Gasteiger partial charge in [-0.05, 0) is 43.2 Å². The number of hydrogen-bond donors (Lipinski definition) is 1. The van der Waals surface area contributed by atoms with Gasteiger partial charge >= 0.3 is 0 Å². The zero-order valence-corrected chi connectivity index (χ0v) is 12.8. The molecule has 0 amide bonds. The van der Waals surface area contributed by atoms with Crippen molar-refractivity contribution in [2.45, 2.75) is 19.4 Å². The Hall–Kier alpha value is -1.23. The van der Waals surface area contributed by atoms with Crippen LogP contribution in [0.2, 0.25) is 10.0 Å². The summed E-state index contributed by atoms with van der Waals surface area (Å²) in [5, 5.41) is -0.156. The van der Waals surface area contributed by atoms with Gasteiger partial charge in [-0.15, -0.1) is 0 Å². The van der Waals surface area contributed by atoms with Crippen LogP contribution in [0.1, 0.15) is 23.6 Å². The van der Waals surface area contributed by atoms with E-state index in [1.54, 1.807) is 0 Å². The summed E-state index contributed by atoms with van der Waals surface area (Å²) < 4.78 is 42.0. The molecule has 1 nitrogen and oxygen atoms in total. The molecule has 0 bridgehead atoms. The van der Waals surface area contributed by atoms with E-state index < -0.39 is 23.0 Å². The second-order valence-corrected chi connectivity index (χ2v) is 5.82. The molecular weight excluding hydrogens is 322 g/mol. The van der Waals surface area contributed by atoms with Gasteiger partial charge in [0.25, 0.3) is 0 Å². The molecule has 0 fully saturated rings. The van der Waals surface area contributed by atoms with E-state index in [4.69, 9.17) is 28.9 Å². The Labute approximate surface area is 130 Å². The summed E-state index contributed by atoms with van der Waals surface area (Å²) in [4.78, 5) is 0. The molecular formula is C15H12Cl2F3N. The third kappa shape index (κ3) is 2.76. The van der Waals surface area contributed by atoms with Gasteiger partial charge in [0.05, 0.1) is 10.6 Å². The predicted molar refractivity (Wildman–Crippen MR) is 78.2 cm³/mol. The van der Waals surface area contributed by atoms with Crippen molar-refractivity contribution in [3.8, 4) is 0 Å². The molecule has 2 N–H and O–H groups in total. The smallest absolute Gasteiger partial charge is 0.142 e. The highest BCUT2D eigenvalue weighted by molar-refractivity contribution is 6.35. The number of hydrogen-bond acceptors (Lipinski definition) is 1. The molecule has 0 aliphatic rings. The first-order valence-corrected chi connectivity index (χ1v) is 6.80. The lowest BCUT2D eigenvalue weighted by Crippen LogP contribution is -2.37. The molecule has 0 aliphatic heterocycles. The van der Waals surface area contributed by atoms with Crippen LogP contribution in [0, 0.1) is 24.4 Å². The van der Waals surface area contributed by atoms with Gasteiger partial charge in [-0.2, -0.15) is 0 Å². The fourth-order valence-electron chi connectivity index (χ4n) is 2.19. The normalized spacial score (nSPS) is 14.1. The minimum absolute atomic E-state index is 0.0340. The van der Waals surface area contributed by atoms with Crippen LogP contribution in [0.15, 0.2) is 24.3 Å². The average molecular weight is 334 g/mol. The first-order valence-electron chi connectivity index (χ1n) is 6.05. The quantitative estimate of drug-likeness (QED) is 0.774. The van der Waals surface area contributed by atoms with Crippen LogP contribution in [-0.2, 0) is 5.54 Å². The molecule has 6 heteroatoms. The van der Waals surface area contributed by atoms with Crippen molar-refractivity contribution in [3.63, 3.8) is 0 Å². The molecule has 0 saturated carbocycles. The molecule has 21 heavy (non-hydrogen) atoms. The van der Waals surface area contributed by atoms with Gasteiger partial charge in [-0.1, -0.05) is 29.3 Å². The van der Waals surface area contributed by atoms with Crippen molar-refractivity contribution in [1.29, 1.82) is 0 Å². The molecule has 0 saturated heterocycles. The Morgan fingerprint density at radius 1 is 1.00 bits per heavy atom. The summed E-state index contributed by atoms with van der Waals surface area (Å²) in [5.74, 6) is -2.37. The molecule has 2 aromatic carbocycles. The Bertz CT molecular complexity index is 715. The Morgan fingerprint density at radius 2 is 1.62 bits per heavy atom. The van der Waals surface area contributed by atoms with Gasteiger partial charge in [-0.3, -0.25) is 0 Å². The molecule has 1 unspecified atom stereocenters. The first kappa shape index (κ1) is 16.1. The summed E-state index contributed by atoms with van der Waals surface area (Å²) in [7, 11) is 0. The lowest BCUT2D eigenvalue weighted by atomic mass is 9.84. The van der Waals surface area contributed by atoms with Crippen molar-refractivity contribution in [3.05, 3.63) is 68.5 Å². The van der Waals surface area contributed by atoms with Gasteiger partial charge in [0, 0.05) is 10.6 Å². The molecule has 112 valence electrons. The second-order valence-electron chi connectivity index (χ2n) is 5.00. The molecule has 0 radical (unpaired) electrons. The van der Waals surface area contributed by atoms with E-state index in [1.165, 1.54) is 19.9 Å². The zero-order chi connectivity index (χ0) is 15.9. The molecule has 0 heterocycles. The fourth-order valence-corrected chi connectivity index (χ4v) is 2.77. The Kier molecular flexibility index (Phi) is 4.24. The molecule has 0 aromatic heterocycles. The van der Waals surface area contributed by atoms with Crippen LogP contribution in [-0.4, -0.2) is 0 Å². The summed E-state index contributed by atoms with van der Waals surface area (Å²) >= 11 is 11.6. The van der Waals surface area contributed by atoms with E-state index in [9.17, 15) is 13.2 Å². The fraction of sp³-hybridized carbons (Fsp3) is 0.200. The maximum atomic E-state index is 14.3. The largest absolute Gasteiger partial charge is 0.318 e. The van der Waals surface area contributed by atoms with E-state index in [0.29, 0.717) is 0 Å². The van der Waals surface area contributed by atoms with Crippen molar-refractivity contribution >= 4 is 23.2 Å². The summed E-state index contributed by atoms with van der Waals surface area (Å²) in [6.07, 6.45) is 0. The molecule has 2 aromatic rings. The highest BCUT2D eigenvalue weighted by Crippen LogP contribution is 2.37. The third-order valence-electron chi connectivity index (χ3n) is 3.37. The Morgan fingerprint density at radius 3 is 2.24 bits per heavy atom.